The Labute approximate surface area is 124 Å². The van der Waals surface area contributed by atoms with Crippen LogP contribution in [0.3, 0.4) is 0 Å². The maximum atomic E-state index is 13.2. The van der Waals surface area contributed by atoms with E-state index in [4.69, 9.17) is 0 Å². The normalized spacial score (nSPS) is 14.0. The monoisotopic (exact) mass is 280 g/mol. The summed E-state index contributed by atoms with van der Waals surface area (Å²) >= 11 is 0. The molecule has 0 aliphatic heterocycles. The summed E-state index contributed by atoms with van der Waals surface area (Å²) in [6, 6.07) is 12.5. The van der Waals surface area contributed by atoms with Crippen LogP contribution >= 0.6 is 0 Å². The van der Waals surface area contributed by atoms with E-state index in [-0.39, 0.29) is 11.6 Å². The van der Waals surface area contributed by atoms with E-state index in [1.165, 1.54) is 23.3 Å². The molecule has 21 heavy (non-hydrogen) atoms. The fraction of sp³-hybridized carbons (Fsp3) is 0.158. The second kappa shape index (κ2) is 5.21. The van der Waals surface area contributed by atoms with E-state index >= 15 is 0 Å². The van der Waals surface area contributed by atoms with Gasteiger partial charge in [-0.1, -0.05) is 36.4 Å². The van der Waals surface area contributed by atoms with Gasteiger partial charge in [-0.25, -0.2) is 4.39 Å². The number of hydrogen-bond acceptors (Lipinski definition) is 1. The van der Waals surface area contributed by atoms with Crippen molar-refractivity contribution >= 4 is 11.3 Å². The lowest BCUT2D eigenvalue weighted by molar-refractivity contribution is 0.514. The Bertz CT molecular complexity index is 739. The van der Waals surface area contributed by atoms with Crippen LogP contribution in [0.4, 0.5) is 4.39 Å². The van der Waals surface area contributed by atoms with Crippen molar-refractivity contribution in [2.75, 3.05) is 0 Å². The molecule has 1 N–H and O–H groups in total. The Kier molecular flexibility index (Phi) is 3.38. The van der Waals surface area contributed by atoms with Crippen LogP contribution in [0.15, 0.2) is 54.6 Å². The van der Waals surface area contributed by atoms with Gasteiger partial charge in [-0.3, -0.25) is 0 Å². The third-order valence-electron chi connectivity index (χ3n) is 4.04. The molecule has 0 amide bonds. The highest BCUT2D eigenvalue weighted by Gasteiger charge is 2.19. The fourth-order valence-corrected chi connectivity index (χ4v) is 2.90. The molecule has 0 saturated heterocycles. The van der Waals surface area contributed by atoms with Crippen molar-refractivity contribution in [2.24, 2.45) is 0 Å². The highest BCUT2D eigenvalue weighted by molar-refractivity contribution is 5.85. The van der Waals surface area contributed by atoms with Gasteiger partial charge < -0.3 is 5.11 Å². The minimum atomic E-state index is -0.231. The predicted molar refractivity (Wildman–Crippen MR) is 84.5 cm³/mol. The van der Waals surface area contributed by atoms with Crippen LogP contribution in [0.25, 0.3) is 11.3 Å². The van der Waals surface area contributed by atoms with Gasteiger partial charge in [0.25, 0.3) is 0 Å². The largest absolute Gasteiger partial charge is 0.508 e. The number of benzene rings is 2. The average molecular weight is 280 g/mol. The van der Waals surface area contributed by atoms with Gasteiger partial charge in [0.15, 0.2) is 0 Å². The number of halogens is 1. The number of hydrogen-bond donors (Lipinski definition) is 1. The molecule has 0 heterocycles. The standard InChI is InChI=1S/C19H17FO/c1-12-3-4-14-5-6-16(13(2)21)11-18(14)19(12)15-7-9-17(20)10-8-15/h5-11,21H,2-4H2,1H3. The first-order valence-corrected chi connectivity index (χ1v) is 7.03. The third-order valence-corrected chi connectivity index (χ3v) is 4.04. The van der Waals surface area contributed by atoms with E-state index in [1.54, 1.807) is 0 Å². The van der Waals surface area contributed by atoms with Crippen LogP contribution in [0.1, 0.15) is 35.6 Å². The van der Waals surface area contributed by atoms with Gasteiger partial charge in [-0.05, 0) is 60.2 Å². The molecule has 3 rings (SSSR count). The van der Waals surface area contributed by atoms with Crippen LogP contribution in [-0.4, -0.2) is 5.11 Å². The molecule has 0 fully saturated rings. The second-order valence-corrected chi connectivity index (χ2v) is 5.48. The van der Waals surface area contributed by atoms with E-state index in [0.29, 0.717) is 0 Å². The number of aryl methyl sites for hydroxylation is 1. The first kappa shape index (κ1) is 13.6. The zero-order chi connectivity index (χ0) is 15.0. The zero-order valence-electron chi connectivity index (χ0n) is 12.0. The van der Waals surface area contributed by atoms with Gasteiger partial charge in [0.05, 0.1) is 0 Å². The maximum absolute atomic E-state index is 13.2. The molecule has 2 aromatic carbocycles. The summed E-state index contributed by atoms with van der Waals surface area (Å²) < 4.78 is 13.2. The average Bonchev–Trinajstić information content (AvgIpc) is 2.48. The number of fused-ring (bicyclic) bond motifs is 1. The molecule has 0 bridgehead atoms. The molecule has 2 aromatic rings. The molecule has 0 aromatic heterocycles. The summed E-state index contributed by atoms with van der Waals surface area (Å²) in [7, 11) is 0. The van der Waals surface area contributed by atoms with E-state index in [2.05, 4.69) is 13.5 Å². The Morgan fingerprint density at radius 1 is 1.10 bits per heavy atom. The van der Waals surface area contributed by atoms with E-state index in [1.807, 2.05) is 30.3 Å². The number of aliphatic hydroxyl groups is 1. The smallest absolute Gasteiger partial charge is 0.123 e. The van der Waals surface area contributed by atoms with Crippen LogP contribution in [-0.2, 0) is 6.42 Å². The Morgan fingerprint density at radius 2 is 1.81 bits per heavy atom. The molecule has 1 nitrogen and oxygen atoms in total. The first-order chi connectivity index (χ1) is 10.1. The highest BCUT2D eigenvalue weighted by atomic mass is 19.1. The number of aliphatic hydroxyl groups excluding tert-OH is 1. The van der Waals surface area contributed by atoms with Crippen molar-refractivity contribution in [2.45, 2.75) is 19.8 Å². The quantitative estimate of drug-likeness (QED) is 0.757. The molecular formula is C19H17FO. The first-order valence-electron chi connectivity index (χ1n) is 7.03. The molecule has 0 unspecified atom stereocenters. The summed E-state index contributed by atoms with van der Waals surface area (Å²) in [6.07, 6.45) is 1.99. The van der Waals surface area contributed by atoms with Crippen LogP contribution in [0.2, 0.25) is 0 Å². The maximum Gasteiger partial charge on any atom is 0.123 e. The van der Waals surface area contributed by atoms with E-state index in [0.717, 1.165) is 35.1 Å². The van der Waals surface area contributed by atoms with Gasteiger partial charge in [-0.2, -0.15) is 0 Å². The van der Waals surface area contributed by atoms with Gasteiger partial charge in [0, 0.05) is 5.56 Å². The Hall–Kier alpha value is -2.35. The minimum absolute atomic E-state index is 0.0690. The molecule has 0 radical (unpaired) electrons. The SMILES string of the molecule is C=C(O)c1ccc2c(c1)C(c1ccc(F)cc1)=C(C)CC2. The Morgan fingerprint density at radius 3 is 2.48 bits per heavy atom. The second-order valence-electron chi connectivity index (χ2n) is 5.48. The molecule has 2 heteroatoms. The molecule has 0 saturated carbocycles. The zero-order valence-corrected chi connectivity index (χ0v) is 12.0. The van der Waals surface area contributed by atoms with Crippen molar-refractivity contribution < 1.29 is 9.50 Å². The van der Waals surface area contributed by atoms with Crippen molar-refractivity contribution in [1.82, 2.24) is 0 Å². The topological polar surface area (TPSA) is 20.2 Å². The van der Waals surface area contributed by atoms with Gasteiger partial charge in [0.1, 0.15) is 11.6 Å². The minimum Gasteiger partial charge on any atom is -0.508 e. The number of allylic oxidation sites excluding steroid dienone is 1. The molecule has 0 spiro atoms. The van der Waals surface area contributed by atoms with Crippen molar-refractivity contribution in [1.29, 1.82) is 0 Å². The van der Waals surface area contributed by atoms with E-state index < -0.39 is 0 Å². The van der Waals surface area contributed by atoms with Crippen LogP contribution in [0.5, 0.6) is 0 Å². The highest BCUT2D eigenvalue weighted by Crippen LogP contribution is 2.37. The van der Waals surface area contributed by atoms with Crippen molar-refractivity contribution in [3.63, 3.8) is 0 Å². The third kappa shape index (κ3) is 2.49. The van der Waals surface area contributed by atoms with Crippen molar-refractivity contribution in [3.8, 4) is 0 Å². The molecule has 106 valence electrons. The lowest BCUT2D eigenvalue weighted by Gasteiger charge is -2.23. The van der Waals surface area contributed by atoms with E-state index in [9.17, 15) is 9.50 Å². The van der Waals surface area contributed by atoms with Crippen LogP contribution < -0.4 is 0 Å². The molecular weight excluding hydrogens is 263 g/mol. The summed E-state index contributed by atoms with van der Waals surface area (Å²) in [4.78, 5) is 0. The van der Waals surface area contributed by atoms with Crippen molar-refractivity contribution in [3.05, 3.63) is 82.7 Å². The molecule has 1 aliphatic rings. The van der Waals surface area contributed by atoms with Gasteiger partial charge in [0.2, 0.25) is 0 Å². The summed E-state index contributed by atoms with van der Waals surface area (Å²) in [5.41, 5.74) is 6.52. The lowest BCUT2D eigenvalue weighted by atomic mass is 9.82. The molecule has 1 aliphatic carbocycles. The summed E-state index contributed by atoms with van der Waals surface area (Å²) in [5.74, 6) is -0.162. The summed E-state index contributed by atoms with van der Waals surface area (Å²) in [5, 5.41) is 9.62. The predicted octanol–water partition coefficient (Wildman–Crippen LogP) is 5.12. The van der Waals surface area contributed by atoms with Gasteiger partial charge >= 0.3 is 0 Å². The Balaban J connectivity index is 2.18. The summed E-state index contributed by atoms with van der Waals surface area (Å²) in [6.45, 7) is 5.71. The fourth-order valence-electron chi connectivity index (χ4n) is 2.90. The lowest BCUT2D eigenvalue weighted by Crippen LogP contribution is -2.05. The number of rotatable bonds is 2. The molecule has 0 atom stereocenters. The van der Waals surface area contributed by atoms with Crippen LogP contribution in [0, 0.1) is 5.82 Å². The van der Waals surface area contributed by atoms with Gasteiger partial charge in [-0.15, -0.1) is 0 Å².